The third kappa shape index (κ3) is 1.74. The van der Waals surface area contributed by atoms with Gasteiger partial charge in [-0.05, 0) is 20.3 Å². The van der Waals surface area contributed by atoms with Crippen molar-refractivity contribution in [3.05, 3.63) is 11.3 Å². The molecule has 1 aliphatic heterocycles. The normalized spacial score (nSPS) is 25.9. The SMILES string of the molecule is COc1c(C2CNC(C)C2)c(C)nn1C. The molecule has 1 N–H and O–H groups in total. The van der Waals surface area contributed by atoms with E-state index in [9.17, 15) is 0 Å². The first kappa shape index (κ1) is 10.5. The average Bonchev–Trinajstić information content (AvgIpc) is 2.70. The zero-order valence-corrected chi connectivity index (χ0v) is 9.87. The van der Waals surface area contributed by atoms with E-state index in [-0.39, 0.29) is 0 Å². The van der Waals surface area contributed by atoms with Crippen LogP contribution in [0.3, 0.4) is 0 Å². The van der Waals surface area contributed by atoms with Gasteiger partial charge in [-0.15, -0.1) is 0 Å². The van der Waals surface area contributed by atoms with Crippen molar-refractivity contribution < 1.29 is 4.74 Å². The van der Waals surface area contributed by atoms with Crippen LogP contribution in [0.4, 0.5) is 0 Å². The Morgan fingerprint density at radius 3 is 2.80 bits per heavy atom. The third-order valence-electron chi connectivity index (χ3n) is 3.17. The van der Waals surface area contributed by atoms with E-state index >= 15 is 0 Å². The van der Waals surface area contributed by atoms with Crippen LogP contribution in [0.2, 0.25) is 0 Å². The van der Waals surface area contributed by atoms with Gasteiger partial charge in [0.1, 0.15) is 0 Å². The minimum atomic E-state index is 0.545. The lowest BCUT2D eigenvalue weighted by Crippen LogP contribution is -2.16. The zero-order valence-electron chi connectivity index (χ0n) is 9.87. The van der Waals surface area contributed by atoms with Crippen molar-refractivity contribution in [2.45, 2.75) is 32.2 Å². The van der Waals surface area contributed by atoms with Crippen molar-refractivity contribution >= 4 is 0 Å². The molecule has 2 heterocycles. The van der Waals surface area contributed by atoms with E-state index < -0.39 is 0 Å². The minimum absolute atomic E-state index is 0.545. The molecular formula is C11H19N3O. The molecule has 1 aromatic rings. The topological polar surface area (TPSA) is 39.1 Å². The van der Waals surface area contributed by atoms with Crippen LogP contribution >= 0.6 is 0 Å². The van der Waals surface area contributed by atoms with Gasteiger partial charge in [-0.25, -0.2) is 4.68 Å². The molecule has 0 radical (unpaired) electrons. The monoisotopic (exact) mass is 209 g/mol. The summed E-state index contributed by atoms with van der Waals surface area (Å²) in [4.78, 5) is 0. The first-order valence-corrected chi connectivity index (χ1v) is 5.44. The van der Waals surface area contributed by atoms with Crippen molar-refractivity contribution in [3.63, 3.8) is 0 Å². The number of nitrogens with zero attached hydrogens (tertiary/aromatic N) is 2. The van der Waals surface area contributed by atoms with Crippen molar-refractivity contribution in [1.82, 2.24) is 15.1 Å². The number of hydrogen-bond acceptors (Lipinski definition) is 3. The van der Waals surface area contributed by atoms with Gasteiger partial charge in [-0.3, -0.25) is 0 Å². The number of rotatable bonds is 2. The molecule has 1 aliphatic rings. The fourth-order valence-corrected chi connectivity index (χ4v) is 2.52. The van der Waals surface area contributed by atoms with Gasteiger partial charge in [-0.1, -0.05) is 0 Å². The molecule has 0 aliphatic carbocycles. The first-order chi connectivity index (χ1) is 7.13. The van der Waals surface area contributed by atoms with Gasteiger partial charge in [0.2, 0.25) is 5.88 Å². The second-order valence-corrected chi connectivity index (χ2v) is 4.37. The van der Waals surface area contributed by atoms with Crippen LogP contribution in [0, 0.1) is 6.92 Å². The minimum Gasteiger partial charge on any atom is -0.481 e. The number of aryl methyl sites for hydroxylation is 2. The van der Waals surface area contributed by atoms with E-state index in [1.807, 2.05) is 11.7 Å². The van der Waals surface area contributed by atoms with Crippen LogP contribution in [0.1, 0.15) is 30.5 Å². The molecule has 0 saturated carbocycles. The van der Waals surface area contributed by atoms with Crippen LogP contribution in [-0.4, -0.2) is 29.5 Å². The lowest BCUT2D eigenvalue weighted by Gasteiger charge is -2.10. The molecule has 0 amide bonds. The highest BCUT2D eigenvalue weighted by Crippen LogP contribution is 2.34. The molecule has 1 aromatic heterocycles. The van der Waals surface area contributed by atoms with E-state index in [2.05, 4.69) is 24.3 Å². The van der Waals surface area contributed by atoms with Crippen molar-refractivity contribution in [2.24, 2.45) is 7.05 Å². The van der Waals surface area contributed by atoms with Crippen molar-refractivity contribution in [2.75, 3.05) is 13.7 Å². The van der Waals surface area contributed by atoms with Crippen LogP contribution in [0.15, 0.2) is 0 Å². The molecule has 2 rings (SSSR count). The molecule has 15 heavy (non-hydrogen) atoms. The lowest BCUT2D eigenvalue weighted by molar-refractivity contribution is 0.366. The van der Waals surface area contributed by atoms with Crippen LogP contribution in [0.25, 0.3) is 0 Å². The maximum Gasteiger partial charge on any atom is 0.215 e. The fraction of sp³-hybridized carbons (Fsp3) is 0.727. The Kier molecular flexibility index (Phi) is 2.69. The van der Waals surface area contributed by atoms with Gasteiger partial charge in [0.25, 0.3) is 0 Å². The molecule has 4 nitrogen and oxygen atoms in total. The second kappa shape index (κ2) is 3.85. The smallest absolute Gasteiger partial charge is 0.215 e. The Labute approximate surface area is 90.6 Å². The van der Waals surface area contributed by atoms with Crippen LogP contribution in [0.5, 0.6) is 5.88 Å². The third-order valence-corrected chi connectivity index (χ3v) is 3.17. The highest BCUT2D eigenvalue weighted by Gasteiger charge is 2.28. The Morgan fingerprint density at radius 1 is 1.53 bits per heavy atom. The summed E-state index contributed by atoms with van der Waals surface area (Å²) in [6.45, 7) is 5.31. The summed E-state index contributed by atoms with van der Waals surface area (Å²) < 4.78 is 7.24. The van der Waals surface area contributed by atoms with Crippen LogP contribution in [-0.2, 0) is 7.05 Å². The molecule has 2 atom stereocenters. The summed E-state index contributed by atoms with van der Waals surface area (Å²) >= 11 is 0. The average molecular weight is 209 g/mol. The van der Waals surface area contributed by atoms with Crippen molar-refractivity contribution in [1.29, 1.82) is 0 Å². The molecule has 0 bridgehead atoms. The molecule has 1 fully saturated rings. The molecule has 4 heteroatoms. The number of methoxy groups -OCH3 is 1. The fourth-order valence-electron chi connectivity index (χ4n) is 2.52. The maximum absolute atomic E-state index is 5.42. The largest absolute Gasteiger partial charge is 0.481 e. The molecule has 0 spiro atoms. The Morgan fingerprint density at radius 2 is 2.27 bits per heavy atom. The van der Waals surface area contributed by atoms with Gasteiger partial charge in [0, 0.05) is 31.1 Å². The highest BCUT2D eigenvalue weighted by atomic mass is 16.5. The Hall–Kier alpha value is -1.03. The number of ether oxygens (including phenoxy) is 1. The molecule has 2 unspecified atom stereocenters. The maximum atomic E-state index is 5.42. The first-order valence-electron chi connectivity index (χ1n) is 5.44. The summed E-state index contributed by atoms with van der Waals surface area (Å²) in [7, 11) is 3.65. The summed E-state index contributed by atoms with van der Waals surface area (Å²) in [5.41, 5.74) is 2.37. The zero-order chi connectivity index (χ0) is 11.0. The predicted molar refractivity (Wildman–Crippen MR) is 59.3 cm³/mol. The van der Waals surface area contributed by atoms with Gasteiger partial charge in [-0.2, -0.15) is 5.10 Å². The molecule has 84 valence electrons. The quantitative estimate of drug-likeness (QED) is 0.795. The van der Waals surface area contributed by atoms with E-state index in [0.717, 1.165) is 18.1 Å². The summed E-state index contributed by atoms with van der Waals surface area (Å²) in [6, 6.07) is 0.597. The summed E-state index contributed by atoms with van der Waals surface area (Å²) in [6.07, 6.45) is 1.17. The Balaban J connectivity index is 2.34. The van der Waals surface area contributed by atoms with Gasteiger partial charge in [0.05, 0.1) is 12.8 Å². The molecular weight excluding hydrogens is 190 g/mol. The number of nitrogens with one attached hydrogen (secondary N) is 1. The van der Waals surface area contributed by atoms with E-state index in [1.54, 1.807) is 7.11 Å². The molecule has 0 aromatic carbocycles. The second-order valence-electron chi connectivity index (χ2n) is 4.37. The number of aromatic nitrogens is 2. The lowest BCUT2D eigenvalue weighted by atomic mass is 9.97. The predicted octanol–water partition coefficient (Wildman–Crippen LogP) is 1.20. The van der Waals surface area contributed by atoms with Crippen LogP contribution < -0.4 is 10.1 Å². The molecule has 1 saturated heterocycles. The van der Waals surface area contributed by atoms with Gasteiger partial charge < -0.3 is 10.1 Å². The van der Waals surface area contributed by atoms with Gasteiger partial charge >= 0.3 is 0 Å². The van der Waals surface area contributed by atoms with E-state index in [0.29, 0.717) is 12.0 Å². The Bertz CT molecular complexity index is 359. The van der Waals surface area contributed by atoms with Crippen molar-refractivity contribution in [3.8, 4) is 5.88 Å². The summed E-state index contributed by atoms with van der Waals surface area (Å²) in [5, 5.41) is 7.88. The highest BCUT2D eigenvalue weighted by molar-refractivity contribution is 5.35. The van der Waals surface area contributed by atoms with E-state index in [4.69, 9.17) is 4.74 Å². The standard InChI is InChI=1S/C11H19N3O/c1-7-5-9(6-12-7)10-8(2)13-14(3)11(10)15-4/h7,9,12H,5-6H2,1-4H3. The van der Waals surface area contributed by atoms with Gasteiger partial charge in [0.15, 0.2) is 0 Å². The summed E-state index contributed by atoms with van der Waals surface area (Å²) in [5.74, 6) is 1.46. The number of hydrogen-bond donors (Lipinski definition) is 1. The van der Waals surface area contributed by atoms with E-state index in [1.165, 1.54) is 12.0 Å².